The maximum absolute atomic E-state index is 6.17. The highest BCUT2D eigenvalue weighted by atomic mass is 35.5. The Morgan fingerprint density at radius 3 is 2.78 bits per heavy atom. The third kappa shape index (κ3) is 2.83. The van der Waals surface area contributed by atoms with Crippen molar-refractivity contribution in [1.82, 2.24) is 5.32 Å². The van der Waals surface area contributed by atoms with Gasteiger partial charge in [-0.05, 0) is 42.9 Å². The lowest BCUT2D eigenvalue weighted by Gasteiger charge is -2.19. The number of ether oxygens (including phenoxy) is 1. The minimum atomic E-state index is 0.413. The second-order valence-electron chi connectivity index (χ2n) is 5.18. The fourth-order valence-electron chi connectivity index (χ4n) is 2.63. The summed E-state index contributed by atoms with van der Waals surface area (Å²) in [5.41, 5.74) is 1.10. The second-order valence-corrected chi connectivity index (χ2v) is 6.03. The molecule has 1 aliphatic heterocycles. The summed E-state index contributed by atoms with van der Waals surface area (Å²) in [5.74, 6) is 0.783. The molecular weight excluding hydrogens is 269 g/mol. The van der Waals surface area contributed by atoms with E-state index >= 15 is 0 Å². The van der Waals surface area contributed by atoms with Gasteiger partial charge in [-0.25, -0.2) is 0 Å². The molecule has 3 rings (SSSR count). The Morgan fingerprint density at radius 1 is 1.22 bits per heavy atom. The molecule has 0 radical (unpaired) electrons. The Hall–Kier alpha value is -0.280. The van der Waals surface area contributed by atoms with E-state index in [1.54, 1.807) is 6.07 Å². The highest BCUT2D eigenvalue weighted by Crippen LogP contribution is 2.38. The molecule has 98 valence electrons. The van der Waals surface area contributed by atoms with Crippen molar-refractivity contribution in [3.8, 4) is 0 Å². The van der Waals surface area contributed by atoms with Gasteiger partial charge in [0.25, 0.3) is 0 Å². The minimum absolute atomic E-state index is 0.413. The highest BCUT2D eigenvalue weighted by Gasteiger charge is 2.40. The van der Waals surface area contributed by atoms with Crippen LogP contribution in [-0.4, -0.2) is 18.8 Å². The lowest BCUT2D eigenvalue weighted by Crippen LogP contribution is -2.37. The van der Waals surface area contributed by atoms with Gasteiger partial charge >= 0.3 is 0 Å². The summed E-state index contributed by atoms with van der Waals surface area (Å²) in [7, 11) is 0. The highest BCUT2D eigenvalue weighted by molar-refractivity contribution is 6.35. The molecule has 1 N–H and O–H groups in total. The number of benzene rings is 1. The van der Waals surface area contributed by atoms with E-state index in [-0.39, 0.29) is 0 Å². The topological polar surface area (TPSA) is 21.3 Å². The molecule has 0 aromatic heterocycles. The van der Waals surface area contributed by atoms with Crippen molar-refractivity contribution in [2.45, 2.75) is 38.0 Å². The third-order valence-electron chi connectivity index (χ3n) is 3.79. The van der Waals surface area contributed by atoms with Crippen molar-refractivity contribution in [3.05, 3.63) is 33.8 Å². The zero-order valence-electron chi connectivity index (χ0n) is 10.2. The Labute approximate surface area is 118 Å². The largest absolute Gasteiger partial charge is 0.376 e. The quantitative estimate of drug-likeness (QED) is 0.912. The summed E-state index contributed by atoms with van der Waals surface area (Å²) in [4.78, 5) is 0. The number of hydrogen-bond donors (Lipinski definition) is 1. The second kappa shape index (κ2) is 5.38. The maximum atomic E-state index is 6.17. The SMILES string of the molecule is Clc1ccc(CNC2CCOC2C2CC2)c(Cl)c1. The van der Waals surface area contributed by atoms with Crippen LogP contribution in [0.1, 0.15) is 24.8 Å². The van der Waals surface area contributed by atoms with Crippen LogP contribution in [0.15, 0.2) is 18.2 Å². The fourth-order valence-corrected chi connectivity index (χ4v) is 3.10. The summed E-state index contributed by atoms with van der Waals surface area (Å²) in [6, 6.07) is 6.14. The fraction of sp³-hybridized carbons (Fsp3) is 0.571. The summed E-state index contributed by atoms with van der Waals surface area (Å²) in [5, 5.41) is 4.99. The molecule has 1 saturated heterocycles. The van der Waals surface area contributed by atoms with Crippen molar-refractivity contribution < 1.29 is 4.74 Å². The molecule has 2 aliphatic rings. The first-order valence-electron chi connectivity index (χ1n) is 6.53. The molecule has 2 fully saturated rings. The molecule has 0 bridgehead atoms. The van der Waals surface area contributed by atoms with Crippen LogP contribution < -0.4 is 5.32 Å². The predicted octanol–water partition coefficient (Wildman–Crippen LogP) is 3.65. The molecule has 1 heterocycles. The van der Waals surface area contributed by atoms with E-state index in [1.807, 2.05) is 12.1 Å². The van der Waals surface area contributed by atoms with Crippen molar-refractivity contribution in [3.63, 3.8) is 0 Å². The molecule has 2 atom stereocenters. The normalized spacial score (nSPS) is 27.7. The van der Waals surface area contributed by atoms with Gasteiger partial charge < -0.3 is 10.1 Å². The van der Waals surface area contributed by atoms with Gasteiger partial charge in [-0.3, -0.25) is 0 Å². The number of hydrogen-bond acceptors (Lipinski definition) is 2. The average molecular weight is 286 g/mol. The van der Waals surface area contributed by atoms with E-state index in [0.717, 1.165) is 36.1 Å². The third-order valence-corrected chi connectivity index (χ3v) is 4.38. The van der Waals surface area contributed by atoms with Crippen LogP contribution in [0.4, 0.5) is 0 Å². The molecule has 1 aromatic rings. The van der Waals surface area contributed by atoms with Gasteiger partial charge in [-0.2, -0.15) is 0 Å². The number of rotatable bonds is 4. The smallest absolute Gasteiger partial charge is 0.0757 e. The number of halogens is 2. The van der Waals surface area contributed by atoms with E-state index < -0.39 is 0 Å². The minimum Gasteiger partial charge on any atom is -0.376 e. The zero-order valence-corrected chi connectivity index (χ0v) is 11.7. The van der Waals surface area contributed by atoms with Crippen LogP contribution in [-0.2, 0) is 11.3 Å². The van der Waals surface area contributed by atoms with Gasteiger partial charge in [-0.1, -0.05) is 29.3 Å². The Kier molecular flexibility index (Phi) is 3.81. The first-order valence-corrected chi connectivity index (χ1v) is 7.28. The Morgan fingerprint density at radius 2 is 2.06 bits per heavy atom. The summed E-state index contributed by atoms with van der Waals surface area (Å²) < 4.78 is 5.81. The standard InChI is InChI=1S/C14H17Cl2NO/c15-11-4-3-10(12(16)7-11)8-17-13-5-6-18-14(13)9-1-2-9/h3-4,7,9,13-14,17H,1-2,5-6,8H2. The van der Waals surface area contributed by atoms with Gasteiger partial charge in [0.1, 0.15) is 0 Å². The van der Waals surface area contributed by atoms with Crippen LogP contribution in [0.2, 0.25) is 10.0 Å². The van der Waals surface area contributed by atoms with Crippen LogP contribution in [0, 0.1) is 5.92 Å². The summed E-state index contributed by atoms with van der Waals surface area (Å²) in [6.45, 7) is 1.67. The maximum Gasteiger partial charge on any atom is 0.0757 e. The summed E-state index contributed by atoms with van der Waals surface area (Å²) >= 11 is 12.1. The molecule has 4 heteroatoms. The van der Waals surface area contributed by atoms with E-state index in [1.165, 1.54) is 12.8 Å². The number of nitrogens with one attached hydrogen (secondary N) is 1. The molecule has 1 aromatic carbocycles. The van der Waals surface area contributed by atoms with Crippen molar-refractivity contribution in [1.29, 1.82) is 0 Å². The molecule has 2 nitrogen and oxygen atoms in total. The van der Waals surface area contributed by atoms with Crippen LogP contribution in [0.25, 0.3) is 0 Å². The van der Waals surface area contributed by atoms with Crippen LogP contribution >= 0.6 is 23.2 Å². The monoisotopic (exact) mass is 285 g/mol. The Balaban J connectivity index is 1.60. The lowest BCUT2D eigenvalue weighted by molar-refractivity contribution is 0.0809. The van der Waals surface area contributed by atoms with Gasteiger partial charge in [0.15, 0.2) is 0 Å². The molecule has 0 spiro atoms. The van der Waals surface area contributed by atoms with Gasteiger partial charge in [-0.15, -0.1) is 0 Å². The van der Waals surface area contributed by atoms with Crippen LogP contribution in [0.5, 0.6) is 0 Å². The van der Waals surface area contributed by atoms with Crippen molar-refractivity contribution in [2.75, 3.05) is 6.61 Å². The van der Waals surface area contributed by atoms with Crippen molar-refractivity contribution >= 4 is 23.2 Å². The first kappa shape index (κ1) is 12.7. The average Bonchev–Trinajstić information content (AvgIpc) is 3.08. The molecule has 0 amide bonds. The molecule has 2 unspecified atom stereocenters. The van der Waals surface area contributed by atoms with E-state index in [4.69, 9.17) is 27.9 Å². The molecule has 18 heavy (non-hydrogen) atoms. The predicted molar refractivity (Wildman–Crippen MR) is 74.2 cm³/mol. The molecule has 1 saturated carbocycles. The van der Waals surface area contributed by atoms with E-state index in [9.17, 15) is 0 Å². The van der Waals surface area contributed by atoms with E-state index in [0.29, 0.717) is 17.2 Å². The Bertz CT molecular complexity index is 434. The molecular formula is C14H17Cl2NO. The van der Waals surface area contributed by atoms with Gasteiger partial charge in [0.05, 0.1) is 6.10 Å². The molecule has 1 aliphatic carbocycles. The van der Waals surface area contributed by atoms with Crippen molar-refractivity contribution in [2.24, 2.45) is 5.92 Å². The summed E-state index contributed by atoms with van der Waals surface area (Å²) in [6.07, 6.45) is 4.16. The van der Waals surface area contributed by atoms with E-state index in [2.05, 4.69) is 5.32 Å². The van der Waals surface area contributed by atoms with Gasteiger partial charge in [0, 0.05) is 29.2 Å². The lowest BCUT2D eigenvalue weighted by atomic mass is 10.1. The van der Waals surface area contributed by atoms with Gasteiger partial charge in [0.2, 0.25) is 0 Å². The van der Waals surface area contributed by atoms with Crippen LogP contribution in [0.3, 0.4) is 0 Å². The first-order chi connectivity index (χ1) is 8.74. The zero-order chi connectivity index (χ0) is 12.5.